The lowest BCUT2D eigenvalue weighted by Gasteiger charge is -2.58. The lowest BCUT2D eigenvalue weighted by molar-refractivity contribution is -0.159. The highest BCUT2D eigenvalue weighted by Crippen LogP contribution is 2.43. The third-order valence-corrected chi connectivity index (χ3v) is 7.73. The van der Waals surface area contributed by atoms with Crippen LogP contribution in [-0.2, 0) is 4.79 Å². The van der Waals surface area contributed by atoms with Gasteiger partial charge in [-0.15, -0.1) is 0 Å². The topological polar surface area (TPSA) is 79.3 Å². The van der Waals surface area contributed by atoms with E-state index < -0.39 is 0 Å². The lowest BCUT2D eigenvalue weighted by Crippen LogP contribution is -2.73. The molecule has 7 heteroatoms. The van der Waals surface area contributed by atoms with Crippen molar-refractivity contribution < 1.29 is 24.2 Å². The SMILES string of the molecule is O=C(c1ccc2c(c1)OCO2)N1CC(=O)N2[C@@H](CO)[C@H](c3ccc(C#CC4CCCC4)cc3)[C@@H]2C1. The van der Waals surface area contributed by atoms with E-state index in [0.717, 1.165) is 11.1 Å². The number of fused-ring (bicyclic) bond motifs is 2. The van der Waals surface area contributed by atoms with Crippen molar-refractivity contribution in [2.24, 2.45) is 5.92 Å². The van der Waals surface area contributed by atoms with Crippen molar-refractivity contribution in [1.82, 2.24) is 9.80 Å². The number of rotatable bonds is 3. The van der Waals surface area contributed by atoms with E-state index in [9.17, 15) is 14.7 Å². The molecule has 3 atom stereocenters. The molecule has 2 aromatic rings. The number of carbonyl (C=O) groups is 2. The van der Waals surface area contributed by atoms with Crippen molar-refractivity contribution in [3.63, 3.8) is 0 Å². The molecule has 2 aromatic carbocycles. The van der Waals surface area contributed by atoms with Gasteiger partial charge in [0, 0.05) is 29.5 Å². The Morgan fingerprint density at radius 1 is 1.06 bits per heavy atom. The van der Waals surface area contributed by atoms with E-state index in [4.69, 9.17) is 9.47 Å². The van der Waals surface area contributed by atoms with Crippen LogP contribution >= 0.6 is 0 Å². The largest absolute Gasteiger partial charge is 0.454 e. The highest BCUT2D eigenvalue weighted by Gasteiger charge is 2.54. The van der Waals surface area contributed by atoms with Crippen LogP contribution in [0.5, 0.6) is 11.5 Å². The minimum Gasteiger partial charge on any atom is -0.454 e. The fraction of sp³-hybridized carbons (Fsp3) is 0.429. The van der Waals surface area contributed by atoms with Gasteiger partial charge in [0.15, 0.2) is 11.5 Å². The van der Waals surface area contributed by atoms with Gasteiger partial charge >= 0.3 is 0 Å². The van der Waals surface area contributed by atoms with Crippen LogP contribution in [0.2, 0.25) is 0 Å². The van der Waals surface area contributed by atoms with Crippen LogP contribution in [0, 0.1) is 17.8 Å². The van der Waals surface area contributed by atoms with Gasteiger partial charge in [0.1, 0.15) is 6.54 Å². The summed E-state index contributed by atoms with van der Waals surface area (Å²) in [5, 5.41) is 10.1. The predicted octanol–water partition coefficient (Wildman–Crippen LogP) is 2.77. The van der Waals surface area contributed by atoms with E-state index in [1.54, 1.807) is 28.0 Å². The highest BCUT2D eigenvalue weighted by molar-refractivity contribution is 5.98. The number of hydrogen-bond donors (Lipinski definition) is 1. The van der Waals surface area contributed by atoms with Crippen molar-refractivity contribution in [3.05, 3.63) is 59.2 Å². The molecular weight excluding hydrogens is 444 g/mol. The Kier molecular flexibility index (Phi) is 5.62. The molecule has 3 heterocycles. The molecule has 2 saturated heterocycles. The van der Waals surface area contributed by atoms with Gasteiger partial charge in [-0.2, -0.15) is 0 Å². The summed E-state index contributed by atoms with van der Waals surface area (Å²) >= 11 is 0. The predicted molar refractivity (Wildman–Crippen MR) is 128 cm³/mol. The second-order valence-electron chi connectivity index (χ2n) is 9.77. The molecule has 0 spiro atoms. The maximum atomic E-state index is 13.2. The van der Waals surface area contributed by atoms with Crippen LogP contribution in [0.1, 0.15) is 53.1 Å². The molecule has 7 nitrogen and oxygen atoms in total. The monoisotopic (exact) mass is 472 g/mol. The number of hydrogen-bond acceptors (Lipinski definition) is 5. The molecule has 1 aliphatic carbocycles. The van der Waals surface area contributed by atoms with E-state index >= 15 is 0 Å². The maximum Gasteiger partial charge on any atom is 0.254 e. The average Bonchev–Trinajstić information content (AvgIpc) is 3.56. The van der Waals surface area contributed by atoms with Gasteiger partial charge in [0.2, 0.25) is 12.7 Å². The minimum atomic E-state index is -0.272. The summed E-state index contributed by atoms with van der Waals surface area (Å²) in [7, 11) is 0. The second kappa shape index (κ2) is 8.94. The van der Waals surface area contributed by atoms with E-state index in [2.05, 4.69) is 11.8 Å². The molecule has 6 rings (SSSR count). The normalized spacial score (nSPS) is 25.1. The first-order chi connectivity index (χ1) is 17.1. The zero-order valence-electron chi connectivity index (χ0n) is 19.5. The molecule has 180 valence electrons. The zero-order valence-corrected chi connectivity index (χ0v) is 19.5. The fourth-order valence-corrected chi connectivity index (χ4v) is 5.91. The van der Waals surface area contributed by atoms with Gasteiger partial charge in [-0.1, -0.05) is 36.8 Å². The molecule has 0 bridgehead atoms. The standard InChI is InChI=1S/C28H28N2O5/c31-16-23-27(20-9-7-19(8-10-20)6-5-18-3-1-2-4-18)22-14-29(15-26(32)30(22)23)28(33)21-11-12-24-25(13-21)35-17-34-24/h7-13,18,22-23,27,31H,1-4,14-17H2/t22-,23-,27+/m0/s1. The fourth-order valence-electron chi connectivity index (χ4n) is 5.91. The smallest absolute Gasteiger partial charge is 0.254 e. The zero-order chi connectivity index (χ0) is 23.9. The van der Waals surface area contributed by atoms with Gasteiger partial charge in [0.05, 0.1) is 18.7 Å². The molecule has 0 radical (unpaired) electrons. The van der Waals surface area contributed by atoms with Crippen molar-refractivity contribution in [1.29, 1.82) is 0 Å². The summed E-state index contributed by atoms with van der Waals surface area (Å²) < 4.78 is 10.7. The first kappa shape index (κ1) is 22.0. The summed E-state index contributed by atoms with van der Waals surface area (Å²) in [4.78, 5) is 29.5. The van der Waals surface area contributed by atoms with E-state index in [-0.39, 0.29) is 49.8 Å². The Bertz CT molecular complexity index is 1210. The molecule has 4 aliphatic rings. The third kappa shape index (κ3) is 3.92. The molecule has 3 aliphatic heterocycles. The minimum absolute atomic E-state index is 0.00267. The van der Waals surface area contributed by atoms with Gasteiger partial charge in [-0.05, 0) is 48.7 Å². The van der Waals surface area contributed by atoms with Gasteiger partial charge in [-0.3, -0.25) is 9.59 Å². The van der Waals surface area contributed by atoms with E-state index in [1.807, 2.05) is 24.3 Å². The summed E-state index contributed by atoms with van der Waals surface area (Å²) in [5.41, 5.74) is 2.51. The Balaban J connectivity index is 1.19. The number of ether oxygens (including phenoxy) is 2. The molecule has 3 fully saturated rings. The Morgan fingerprint density at radius 3 is 2.60 bits per heavy atom. The molecule has 2 amide bonds. The van der Waals surface area contributed by atoms with Crippen molar-refractivity contribution in [2.45, 2.75) is 43.7 Å². The Labute approximate surface area is 204 Å². The van der Waals surface area contributed by atoms with Gasteiger partial charge in [0.25, 0.3) is 5.91 Å². The van der Waals surface area contributed by atoms with Crippen LogP contribution in [0.15, 0.2) is 42.5 Å². The van der Waals surface area contributed by atoms with Crippen molar-refractivity contribution >= 4 is 11.8 Å². The van der Waals surface area contributed by atoms with E-state index in [1.165, 1.54) is 25.7 Å². The number of amides is 2. The number of piperazine rings is 1. The van der Waals surface area contributed by atoms with Crippen LogP contribution in [-0.4, -0.2) is 65.3 Å². The van der Waals surface area contributed by atoms with Gasteiger partial charge < -0.3 is 24.4 Å². The number of benzene rings is 2. The molecule has 0 unspecified atom stereocenters. The van der Waals surface area contributed by atoms with Crippen LogP contribution < -0.4 is 9.47 Å². The molecular formula is C28H28N2O5. The average molecular weight is 473 g/mol. The van der Waals surface area contributed by atoms with E-state index in [0.29, 0.717) is 29.5 Å². The number of nitrogens with zero attached hydrogens (tertiary/aromatic N) is 2. The van der Waals surface area contributed by atoms with Crippen LogP contribution in [0.4, 0.5) is 0 Å². The number of carbonyl (C=O) groups excluding carboxylic acids is 2. The summed E-state index contributed by atoms with van der Waals surface area (Å²) in [5.74, 6) is 7.98. The number of aliphatic hydroxyl groups excluding tert-OH is 1. The van der Waals surface area contributed by atoms with Gasteiger partial charge in [-0.25, -0.2) is 0 Å². The molecule has 1 saturated carbocycles. The molecule has 0 aromatic heterocycles. The lowest BCUT2D eigenvalue weighted by atomic mass is 9.73. The quantitative estimate of drug-likeness (QED) is 0.695. The van der Waals surface area contributed by atoms with Crippen LogP contribution in [0.25, 0.3) is 0 Å². The summed E-state index contributed by atoms with van der Waals surface area (Å²) in [6, 6.07) is 12.8. The maximum absolute atomic E-state index is 13.2. The molecule has 1 N–H and O–H groups in total. The third-order valence-electron chi connectivity index (χ3n) is 7.73. The Morgan fingerprint density at radius 2 is 1.83 bits per heavy atom. The Hall–Kier alpha value is -3.50. The second-order valence-corrected chi connectivity index (χ2v) is 9.77. The summed E-state index contributed by atoms with van der Waals surface area (Å²) in [6.45, 7) is 0.458. The molecule has 35 heavy (non-hydrogen) atoms. The first-order valence-corrected chi connectivity index (χ1v) is 12.3. The summed E-state index contributed by atoms with van der Waals surface area (Å²) in [6.07, 6.45) is 4.93. The van der Waals surface area contributed by atoms with Crippen molar-refractivity contribution in [3.8, 4) is 23.3 Å². The van der Waals surface area contributed by atoms with Crippen LogP contribution in [0.3, 0.4) is 0 Å². The number of aliphatic hydroxyl groups is 1. The van der Waals surface area contributed by atoms with Crippen molar-refractivity contribution in [2.75, 3.05) is 26.5 Å². The highest BCUT2D eigenvalue weighted by atomic mass is 16.7. The first-order valence-electron chi connectivity index (χ1n) is 12.3.